The van der Waals surface area contributed by atoms with Crippen molar-refractivity contribution >= 4 is 29.3 Å². The average Bonchev–Trinajstić information content (AvgIpc) is 3.34. The molecule has 4 rings (SSSR count). The number of furan rings is 1. The number of carbonyl (C=O) groups is 2. The number of nitrogens with one attached hydrogen (secondary N) is 1. The molecular weight excluding hydrogens is 360 g/mol. The summed E-state index contributed by atoms with van der Waals surface area (Å²) in [6, 6.07) is 20.4. The smallest absolute Gasteiger partial charge is 0.255 e. The summed E-state index contributed by atoms with van der Waals surface area (Å²) in [4.78, 5) is 26.5. The SMILES string of the molecule is O=C(Nc1ccccc1)c1ccc([C@H]2SCC(=O)N2Cc2ccco2)cc1. The summed E-state index contributed by atoms with van der Waals surface area (Å²) in [5.74, 6) is 1.14. The van der Waals surface area contributed by atoms with Gasteiger partial charge in [0.15, 0.2) is 0 Å². The minimum Gasteiger partial charge on any atom is -0.467 e. The molecule has 6 heteroatoms. The van der Waals surface area contributed by atoms with Gasteiger partial charge < -0.3 is 14.6 Å². The van der Waals surface area contributed by atoms with Crippen LogP contribution >= 0.6 is 11.8 Å². The van der Waals surface area contributed by atoms with Crippen molar-refractivity contribution in [3.05, 3.63) is 89.9 Å². The lowest BCUT2D eigenvalue weighted by molar-refractivity contribution is -0.128. The number of thioether (sulfide) groups is 1. The van der Waals surface area contributed by atoms with Gasteiger partial charge in [0, 0.05) is 11.3 Å². The maximum atomic E-state index is 12.4. The summed E-state index contributed by atoms with van der Waals surface area (Å²) in [6.07, 6.45) is 1.61. The highest BCUT2D eigenvalue weighted by atomic mass is 32.2. The van der Waals surface area contributed by atoms with Crippen LogP contribution in [-0.4, -0.2) is 22.5 Å². The molecule has 0 bridgehead atoms. The fourth-order valence-electron chi connectivity index (χ4n) is 3.00. The van der Waals surface area contributed by atoms with E-state index in [-0.39, 0.29) is 17.2 Å². The summed E-state index contributed by atoms with van der Waals surface area (Å²) < 4.78 is 5.38. The zero-order valence-electron chi connectivity index (χ0n) is 14.5. The molecule has 2 heterocycles. The molecular formula is C21H18N2O3S. The second-order valence-corrected chi connectivity index (χ2v) is 7.28. The number of hydrogen-bond donors (Lipinski definition) is 1. The monoisotopic (exact) mass is 378 g/mol. The third kappa shape index (κ3) is 3.90. The van der Waals surface area contributed by atoms with Gasteiger partial charge in [-0.25, -0.2) is 0 Å². The maximum Gasteiger partial charge on any atom is 0.255 e. The summed E-state index contributed by atoms with van der Waals surface area (Å²) in [7, 11) is 0. The highest BCUT2D eigenvalue weighted by Gasteiger charge is 2.33. The van der Waals surface area contributed by atoms with Crippen molar-refractivity contribution < 1.29 is 14.0 Å². The van der Waals surface area contributed by atoms with E-state index in [1.165, 1.54) is 0 Å². The fraction of sp³-hybridized carbons (Fsp3) is 0.143. The van der Waals surface area contributed by atoms with Crippen LogP contribution in [0.15, 0.2) is 77.4 Å². The molecule has 5 nitrogen and oxygen atoms in total. The first-order valence-electron chi connectivity index (χ1n) is 8.60. The average molecular weight is 378 g/mol. The fourth-order valence-corrected chi connectivity index (χ4v) is 4.18. The highest BCUT2D eigenvalue weighted by molar-refractivity contribution is 8.00. The molecule has 2 aromatic carbocycles. The number of hydrogen-bond acceptors (Lipinski definition) is 4. The van der Waals surface area contributed by atoms with Crippen LogP contribution in [0.3, 0.4) is 0 Å². The van der Waals surface area contributed by atoms with E-state index in [4.69, 9.17) is 4.42 Å². The quantitative estimate of drug-likeness (QED) is 0.719. The highest BCUT2D eigenvalue weighted by Crippen LogP contribution is 2.39. The maximum absolute atomic E-state index is 12.4. The molecule has 1 fully saturated rings. The van der Waals surface area contributed by atoms with E-state index in [1.54, 1.807) is 30.2 Å². The molecule has 0 unspecified atom stereocenters. The summed E-state index contributed by atoms with van der Waals surface area (Å²) in [5.41, 5.74) is 2.33. The van der Waals surface area contributed by atoms with Gasteiger partial charge in [-0.2, -0.15) is 0 Å². The molecule has 0 spiro atoms. The number of para-hydroxylation sites is 1. The third-order valence-corrected chi connectivity index (χ3v) is 5.62. The zero-order chi connectivity index (χ0) is 18.6. The van der Waals surface area contributed by atoms with Crippen molar-refractivity contribution in [1.82, 2.24) is 4.90 Å². The topological polar surface area (TPSA) is 62.6 Å². The lowest BCUT2D eigenvalue weighted by Crippen LogP contribution is -2.27. The van der Waals surface area contributed by atoms with Crippen LogP contribution in [0.1, 0.15) is 27.1 Å². The van der Waals surface area contributed by atoms with Gasteiger partial charge in [-0.05, 0) is 42.0 Å². The van der Waals surface area contributed by atoms with E-state index in [0.29, 0.717) is 17.9 Å². The van der Waals surface area contributed by atoms with Crippen molar-refractivity contribution in [3.63, 3.8) is 0 Å². The Labute approximate surface area is 161 Å². The van der Waals surface area contributed by atoms with Crippen LogP contribution in [-0.2, 0) is 11.3 Å². The Morgan fingerprint density at radius 2 is 1.85 bits per heavy atom. The standard InChI is InChI=1S/C21H18N2O3S/c24-19-14-27-21(23(19)13-18-7-4-12-26-18)16-10-8-15(9-11-16)20(25)22-17-5-2-1-3-6-17/h1-12,21H,13-14H2,(H,22,25)/t21-/m1/s1. The second kappa shape index (κ2) is 7.72. The molecule has 1 saturated heterocycles. The van der Waals surface area contributed by atoms with E-state index in [9.17, 15) is 9.59 Å². The van der Waals surface area contributed by atoms with Crippen LogP contribution < -0.4 is 5.32 Å². The van der Waals surface area contributed by atoms with Gasteiger partial charge in [0.2, 0.25) is 5.91 Å². The largest absolute Gasteiger partial charge is 0.467 e. The van der Waals surface area contributed by atoms with E-state index in [0.717, 1.165) is 17.0 Å². The number of amides is 2. The lowest BCUT2D eigenvalue weighted by atomic mass is 10.1. The molecule has 1 N–H and O–H groups in total. The van der Waals surface area contributed by atoms with Crippen molar-refractivity contribution in [2.75, 3.05) is 11.1 Å². The van der Waals surface area contributed by atoms with Crippen LogP contribution in [0.5, 0.6) is 0 Å². The lowest BCUT2D eigenvalue weighted by Gasteiger charge is -2.23. The Hall–Kier alpha value is -2.99. The van der Waals surface area contributed by atoms with E-state index < -0.39 is 0 Å². The number of nitrogens with zero attached hydrogens (tertiary/aromatic N) is 1. The molecule has 3 aromatic rings. The first-order chi connectivity index (χ1) is 13.2. The van der Waals surface area contributed by atoms with Gasteiger partial charge in [0.25, 0.3) is 5.91 Å². The molecule has 1 atom stereocenters. The van der Waals surface area contributed by atoms with Crippen molar-refractivity contribution in [2.45, 2.75) is 11.9 Å². The number of carbonyl (C=O) groups excluding carboxylic acids is 2. The predicted molar refractivity (Wildman–Crippen MR) is 105 cm³/mol. The summed E-state index contributed by atoms with van der Waals surface area (Å²) in [5, 5.41) is 2.80. The molecule has 136 valence electrons. The van der Waals surface area contributed by atoms with Crippen LogP contribution in [0.25, 0.3) is 0 Å². The molecule has 2 amide bonds. The Balaban J connectivity index is 1.48. The summed E-state index contributed by atoms with van der Waals surface area (Å²) in [6.45, 7) is 0.444. The van der Waals surface area contributed by atoms with E-state index in [1.807, 2.05) is 59.5 Å². The van der Waals surface area contributed by atoms with Gasteiger partial charge in [-0.1, -0.05) is 30.3 Å². The number of anilines is 1. The van der Waals surface area contributed by atoms with Crippen molar-refractivity contribution in [3.8, 4) is 0 Å². The van der Waals surface area contributed by atoms with Gasteiger partial charge in [0.1, 0.15) is 11.1 Å². The third-order valence-electron chi connectivity index (χ3n) is 4.36. The van der Waals surface area contributed by atoms with Crippen molar-refractivity contribution in [2.24, 2.45) is 0 Å². The molecule has 0 radical (unpaired) electrons. The Morgan fingerprint density at radius 1 is 1.07 bits per heavy atom. The van der Waals surface area contributed by atoms with Gasteiger partial charge >= 0.3 is 0 Å². The Kier molecular flexibility index (Phi) is 4.98. The van der Waals surface area contributed by atoms with E-state index in [2.05, 4.69) is 5.32 Å². The zero-order valence-corrected chi connectivity index (χ0v) is 15.3. The predicted octanol–water partition coefficient (Wildman–Crippen LogP) is 4.31. The molecule has 1 aliphatic heterocycles. The second-order valence-electron chi connectivity index (χ2n) is 6.21. The van der Waals surface area contributed by atoms with Crippen LogP contribution in [0.4, 0.5) is 5.69 Å². The van der Waals surface area contributed by atoms with E-state index >= 15 is 0 Å². The first-order valence-corrected chi connectivity index (χ1v) is 9.65. The Morgan fingerprint density at radius 3 is 2.56 bits per heavy atom. The number of benzene rings is 2. The molecule has 1 aliphatic rings. The molecule has 27 heavy (non-hydrogen) atoms. The molecule has 0 saturated carbocycles. The van der Waals surface area contributed by atoms with Crippen LogP contribution in [0.2, 0.25) is 0 Å². The minimum absolute atomic E-state index is 0.0752. The Bertz CT molecular complexity index is 924. The first kappa shape index (κ1) is 17.4. The summed E-state index contributed by atoms with van der Waals surface area (Å²) >= 11 is 1.58. The van der Waals surface area contributed by atoms with Gasteiger partial charge in [-0.3, -0.25) is 9.59 Å². The number of rotatable bonds is 5. The van der Waals surface area contributed by atoms with Gasteiger partial charge in [-0.15, -0.1) is 11.8 Å². The molecule has 1 aromatic heterocycles. The van der Waals surface area contributed by atoms with Crippen LogP contribution in [0, 0.1) is 0 Å². The van der Waals surface area contributed by atoms with Crippen molar-refractivity contribution in [1.29, 1.82) is 0 Å². The van der Waals surface area contributed by atoms with Gasteiger partial charge in [0.05, 0.1) is 18.6 Å². The molecule has 0 aliphatic carbocycles. The normalized spacial score (nSPS) is 16.5. The minimum atomic E-state index is -0.157.